The van der Waals surface area contributed by atoms with Crippen LogP contribution in [0.4, 0.5) is 19.3 Å². The molecule has 2 aliphatic heterocycles. The number of ether oxygens (including phenoxy) is 1. The van der Waals surface area contributed by atoms with Gasteiger partial charge in [-0.2, -0.15) is 0 Å². The number of hydrogen-bond donors (Lipinski definition) is 1. The summed E-state index contributed by atoms with van der Waals surface area (Å²) in [6, 6.07) is 8.56. The Hall–Kier alpha value is -3.00. The highest BCUT2D eigenvalue weighted by molar-refractivity contribution is 5.95. The van der Waals surface area contributed by atoms with Crippen LogP contribution in [-0.4, -0.2) is 41.9 Å². The Morgan fingerprint density at radius 2 is 1.94 bits per heavy atom. The summed E-state index contributed by atoms with van der Waals surface area (Å²) in [7, 11) is 1.41. The van der Waals surface area contributed by atoms with Gasteiger partial charge in [-0.05, 0) is 81.9 Å². The van der Waals surface area contributed by atoms with Gasteiger partial charge < -0.3 is 14.6 Å². The van der Waals surface area contributed by atoms with Gasteiger partial charge in [-0.3, -0.25) is 4.90 Å². The van der Waals surface area contributed by atoms with Crippen molar-refractivity contribution in [3.05, 3.63) is 58.9 Å². The van der Waals surface area contributed by atoms with Crippen LogP contribution in [0.3, 0.4) is 0 Å². The molecule has 0 saturated carbocycles. The molecule has 0 radical (unpaired) electrons. The Kier molecular flexibility index (Phi) is 6.49. The van der Waals surface area contributed by atoms with Gasteiger partial charge in [0.2, 0.25) is 0 Å². The number of fused-ring (bicyclic) bond motifs is 3. The number of imidazole rings is 1. The molecule has 3 heterocycles. The van der Waals surface area contributed by atoms with Crippen LogP contribution in [0.5, 0.6) is 0 Å². The molecule has 2 aromatic carbocycles. The molecule has 0 spiro atoms. The van der Waals surface area contributed by atoms with Crippen LogP contribution >= 0.6 is 0 Å². The molecule has 1 saturated heterocycles. The fourth-order valence-electron chi connectivity index (χ4n) is 5.70. The minimum Gasteiger partial charge on any atom is -0.452 e. The maximum absolute atomic E-state index is 13.9. The van der Waals surface area contributed by atoms with Gasteiger partial charge in [0.05, 0.1) is 23.8 Å². The summed E-state index contributed by atoms with van der Waals surface area (Å²) in [5, 5.41) is 3.44. The number of methoxy groups -OCH3 is 1. The second-order valence-corrected chi connectivity index (χ2v) is 9.83. The van der Waals surface area contributed by atoms with Crippen molar-refractivity contribution in [2.45, 2.75) is 64.0 Å². The molecular weight excluding hydrogens is 450 g/mol. The van der Waals surface area contributed by atoms with Crippen molar-refractivity contribution in [1.82, 2.24) is 14.9 Å². The number of carbonyl (C=O) groups excluding carboxylic acids is 1. The molecule has 0 unspecified atom stereocenters. The van der Waals surface area contributed by atoms with E-state index in [1.165, 1.54) is 19.2 Å². The topological polar surface area (TPSA) is 59.4 Å². The second-order valence-electron chi connectivity index (χ2n) is 9.83. The summed E-state index contributed by atoms with van der Waals surface area (Å²) in [5.41, 5.74) is 4.67. The van der Waals surface area contributed by atoms with Gasteiger partial charge in [-0.1, -0.05) is 13.0 Å². The van der Waals surface area contributed by atoms with E-state index < -0.39 is 11.6 Å². The first kappa shape index (κ1) is 23.7. The SMILES string of the molecule is COC(=O)N1c2ccc3c(nc([C@H](C)Cc4ccc(F)c(F)c4)n3C3CCNCC3)c2CC[C@@H]1C. The zero-order chi connectivity index (χ0) is 24.7. The van der Waals surface area contributed by atoms with Crippen LogP contribution < -0.4 is 10.2 Å². The standard InChI is InChI=1S/C27H32F2N4O2/c1-16(14-18-5-7-21(28)22(29)15-18)26-31-25-20-6-4-17(2)32(27(34)35-3)23(20)8-9-24(25)33(26)19-10-12-30-13-11-19/h5,7-9,15-17,19,30H,4,6,10-14H2,1-3H3/t16-,17+/m1/s1. The van der Waals surface area contributed by atoms with Gasteiger partial charge in [-0.25, -0.2) is 18.6 Å². The van der Waals surface area contributed by atoms with Gasteiger partial charge in [0.15, 0.2) is 11.6 Å². The number of anilines is 1. The maximum atomic E-state index is 13.9. The van der Waals surface area contributed by atoms with Crippen molar-refractivity contribution in [3.63, 3.8) is 0 Å². The van der Waals surface area contributed by atoms with E-state index in [-0.39, 0.29) is 18.1 Å². The minimum atomic E-state index is -0.834. The van der Waals surface area contributed by atoms with E-state index in [9.17, 15) is 13.6 Å². The Balaban J connectivity index is 1.62. The summed E-state index contributed by atoms with van der Waals surface area (Å²) < 4.78 is 34.8. The predicted molar refractivity (Wildman–Crippen MR) is 132 cm³/mol. The highest BCUT2D eigenvalue weighted by Gasteiger charge is 2.33. The van der Waals surface area contributed by atoms with Crippen LogP contribution in [-0.2, 0) is 17.6 Å². The van der Waals surface area contributed by atoms with Crippen molar-refractivity contribution in [1.29, 1.82) is 0 Å². The van der Waals surface area contributed by atoms with Crippen LogP contribution in [0.2, 0.25) is 0 Å². The lowest BCUT2D eigenvalue weighted by molar-refractivity contribution is 0.175. The third kappa shape index (κ3) is 4.29. The maximum Gasteiger partial charge on any atom is 0.414 e. The molecule has 3 aromatic rings. The van der Waals surface area contributed by atoms with Gasteiger partial charge in [0, 0.05) is 23.6 Å². The van der Waals surface area contributed by atoms with E-state index in [2.05, 4.69) is 22.9 Å². The smallest absolute Gasteiger partial charge is 0.414 e. The summed E-state index contributed by atoms with van der Waals surface area (Å²) in [4.78, 5) is 19.5. The van der Waals surface area contributed by atoms with Crippen molar-refractivity contribution < 1.29 is 18.3 Å². The fraction of sp³-hybridized carbons (Fsp3) is 0.481. The summed E-state index contributed by atoms with van der Waals surface area (Å²) in [6.07, 6.45) is 3.86. The lowest BCUT2D eigenvalue weighted by Crippen LogP contribution is -2.42. The second kappa shape index (κ2) is 9.57. The molecule has 0 aliphatic carbocycles. The summed E-state index contributed by atoms with van der Waals surface area (Å²) in [5.74, 6) is -0.711. The quantitative estimate of drug-likeness (QED) is 0.534. The number of nitrogens with one attached hydrogen (secondary N) is 1. The normalized spacial score (nSPS) is 19.6. The molecule has 6 nitrogen and oxygen atoms in total. The van der Waals surface area contributed by atoms with Crippen molar-refractivity contribution in [2.24, 2.45) is 0 Å². The first-order chi connectivity index (χ1) is 16.9. The van der Waals surface area contributed by atoms with Gasteiger partial charge in [0.1, 0.15) is 5.82 Å². The third-order valence-corrected chi connectivity index (χ3v) is 7.49. The van der Waals surface area contributed by atoms with Gasteiger partial charge >= 0.3 is 6.09 Å². The number of rotatable bonds is 4. The minimum absolute atomic E-state index is 0.00276. The molecule has 1 N–H and O–H groups in total. The van der Waals surface area contributed by atoms with E-state index in [0.29, 0.717) is 12.5 Å². The van der Waals surface area contributed by atoms with Crippen molar-refractivity contribution in [2.75, 3.05) is 25.1 Å². The lowest BCUT2D eigenvalue weighted by Gasteiger charge is -2.34. The Bertz CT molecular complexity index is 1250. The van der Waals surface area contributed by atoms with E-state index in [1.54, 1.807) is 11.0 Å². The molecule has 1 amide bonds. The number of aromatic nitrogens is 2. The van der Waals surface area contributed by atoms with Gasteiger partial charge in [0.25, 0.3) is 0 Å². The molecule has 0 bridgehead atoms. The highest BCUT2D eigenvalue weighted by atomic mass is 19.2. The first-order valence-electron chi connectivity index (χ1n) is 12.4. The molecule has 1 fully saturated rings. The molecule has 8 heteroatoms. The Labute approximate surface area is 204 Å². The monoisotopic (exact) mass is 482 g/mol. The molecule has 1 aromatic heterocycles. The number of nitrogens with zero attached hydrogens (tertiary/aromatic N) is 3. The average Bonchev–Trinajstić information content (AvgIpc) is 3.26. The largest absolute Gasteiger partial charge is 0.452 e. The number of hydrogen-bond acceptors (Lipinski definition) is 4. The number of benzene rings is 2. The Morgan fingerprint density at radius 3 is 2.66 bits per heavy atom. The van der Waals surface area contributed by atoms with Crippen LogP contribution in [0.1, 0.15) is 62.0 Å². The predicted octanol–water partition coefficient (Wildman–Crippen LogP) is 5.49. The number of amides is 1. The number of aryl methyl sites for hydroxylation is 1. The first-order valence-corrected chi connectivity index (χ1v) is 12.4. The summed E-state index contributed by atoms with van der Waals surface area (Å²) in [6.45, 7) is 6.02. The zero-order valence-electron chi connectivity index (χ0n) is 20.5. The molecule has 2 atom stereocenters. The molecule has 35 heavy (non-hydrogen) atoms. The fourth-order valence-corrected chi connectivity index (χ4v) is 5.70. The Morgan fingerprint density at radius 1 is 1.17 bits per heavy atom. The lowest BCUT2D eigenvalue weighted by atomic mass is 9.95. The van der Waals surface area contributed by atoms with E-state index in [1.807, 2.05) is 13.0 Å². The van der Waals surface area contributed by atoms with E-state index in [0.717, 1.165) is 72.4 Å². The molecule has 186 valence electrons. The van der Waals surface area contributed by atoms with Gasteiger partial charge in [-0.15, -0.1) is 0 Å². The van der Waals surface area contributed by atoms with Crippen molar-refractivity contribution in [3.8, 4) is 0 Å². The molecule has 5 rings (SSSR count). The molecule has 2 aliphatic rings. The molecular formula is C27H32F2N4O2. The van der Waals surface area contributed by atoms with Crippen LogP contribution in [0, 0.1) is 11.6 Å². The third-order valence-electron chi connectivity index (χ3n) is 7.49. The number of piperidine rings is 1. The van der Waals surface area contributed by atoms with E-state index >= 15 is 0 Å². The highest BCUT2D eigenvalue weighted by Crippen LogP contribution is 2.39. The van der Waals surface area contributed by atoms with Crippen LogP contribution in [0.25, 0.3) is 11.0 Å². The summed E-state index contributed by atoms with van der Waals surface area (Å²) >= 11 is 0. The zero-order valence-corrected chi connectivity index (χ0v) is 20.5. The number of carbonyl (C=O) groups is 1. The van der Waals surface area contributed by atoms with Crippen LogP contribution in [0.15, 0.2) is 30.3 Å². The average molecular weight is 483 g/mol. The van der Waals surface area contributed by atoms with E-state index in [4.69, 9.17) is 9.72 Å². The number of halogens is 2. The van der Waals surface area contributed by atoms with Crippen molar-refractivity contribution >= 4 is 22.8 Å².